The quantitative estimate of drug-likeness (QED) is 0.628. The van der Waals surface area contributed by atoms with Gasteiger partial charge in [0.25, 0.3) is 0 Å². The summed E-state index contributed by atoms with van der Waals surface area (Å²) < 4.78 is 0. The fourth-order valence-electron chi connectivity index (χ4n) is 0.729. The van der Waals surface area contributed by atoms with Gasteiger partial charge in [0.1, 0.15) is 0 Å². The Hall–Kier alpha value is -0.0100. The summed E-state index contributed by atoms with van der Waals surface area (Å²) in [6.07, 6.45) is 5.45. The molecule has 0 saturated heterocycles. The first-order chi connectivity index (χ1) is 4.31. The van der Waals surface area contributed by atoms with Gasteiger partial charge in [-0.25, -0.2) is 0 Å². The summed E-state index contributed by atoms with van der Waals surface area (Å²) in [6.45, 7) is 7.50. The van der Waals surface area contributed by atoms with Gasteiger partial charge in [0, 0.05) is 6.04 Å². The monoisotopic (exact) mass is 163 g/mol. The molecule has 0 radical (unpaired) electrons. The van der Waals surface area contributed by atoms with Gasteiger partial charge in [-0.15, -0.1) is 12.4 Å². The molecule has 0 aliphatic carbocycles. The van der Waals surface area contributed by atoms with E-state index in [9.17, 15) is 0 Å². The fraction of sp³-hybridized carbons (Fsp3) is 0.750. The molecular weight excluding hydrogens is 146 g/mol. The number of hydrogen-bond donors (Lipinski definition) is 1. The zero-order valence-electron chi connectivity index (χ0n) is 7.05. The number of rotatable bonds is 4. The third-order valence-electron chi connectivity index (χ3n) is 1.20. The molecular formula is C8H18ClN. The summed E-state index contributed by atoms with van der Waals surface area (Å²) in [4.78, 5) is 0. The highest BCUT2D eigenvalue weighted by Gasteiger charge is 1.89. The van der Waals surface area contributed by atoms with Crippen LogP contribution in [0.15, 0.2) is 12.2 Å². The molecule has 0 aromatic rings. The van der Waals surface area contributed by atoms with Crippen molar-refractivity contribution in [1.29, 1.82) is 0 Å². The summed E-state index contributed by atoms with van der Waals surface area (Å²) in [5, 5.41) is 3.35. The Morgan fingerprint density at radius 1 is 1.50 bits per heavy atom. The van der Waals surface area contributed by atoms with Crippen molar-refractivity contribution in [3.05, 3.63) is 12.2 Å². The molecule has 2 heteroatoms. The molecule has 0 rings (SSSR count). The van der Waals surface area contributed by atoms with Crippen molar-refractivity contribution < 1.29 is 0 Å². The van der Waals surface area contributed by atoms with E-state index in [1.54, 1.807) is 0 Å². The van der Waals surface area contributed by atoms with Crippen molar-refractivity contribution in [3.63, 3.8) is 0 Å². The maximum atomic E-state index is 3.35. The van der Waals surface area contributed by atoms with Crippen molar-refractivity contribution in [3.8, 4) is 0 Å². The lowest BCUT2D eigenvalue weighted by atomic mass is 10.3. The maximum Gasteiger partial charge on any atom is 0.0221 e. The third kappa shape index (κ3) is 7.99. The topological polar surface area (TPSA) is 12.0 Å². The van der Waals surface area contributed by atoms with Gasteiger partial charge in [0.15, 0.2) is 0 Å². The predicted octanol–water partition coefficient (Wildman–Crippen LogP) is 2.37. The number of halogens is 1. The molecule has 0 amide bonds. The van der Waals surface area contributed by atoms with Crippen LogP contribution in [0.25, 0.3) is 0 Å². The van der Waals surface area contributed by atoms with Crippen molar-refractivity contribution in [2.45, 2.75) is 33.2 Å². The minimum absolute atomic E-state index is 0. The Kier molecular flexibility index (Phi) is 11.4. The highest BCUT2D eigenvalue weighted by Crippen LogP contribution is 1.83. The minimum atomic E-state index is 0. The van der Waals surface area contributed by atoms with Gasteiger partial charge in [-0.05, 0) is 26.8 Å². The average molecular weight is 164 g/mol. The van der Waals surface area contributed by atoms with Crippen molar-refractivity contribution in [2.24, 2.45) is 0 Å². The zero-order chi connectivity index (χ0) is 7.11. The van der Waals surface area contributed by atoms with Crippen molar-refractivity contribution >= 4 is 12.4 Å². The summed E-state index contributed by atoms with van der Waals surface area (Å²) >= 11 is 0. The molecule has 0 fully saturated rings. The van der Waals surface area contributed by atoms with Gasteiger partial charge < -0.3 is 5.32 Å². The number of hydrogen-bond acceptors (Lipinski definition) is 1. The van der Waals surface area contributed by atoms with Crippen LogP contribution in [-0.4, -0.2) is 12.6 Å². The van der Waals surface area contributed by atoms with Crippen LogP contribution in [0.5, 0.6) is 0 Å². The van der Waals surface area contributed by atoms with E-state index in [4.69, 9.17) is 0 Å². The Morgan fingerprint density at radius 2 is 2.10 bits per heavy atom. The predicted molar refractivity (Wildman–Crippen MR) is 49.8 cm³/mol. The van der Waals surface area contributed by atoms with Gasteiger partial charge in [-0.3, -0.25) is 0 Å². The summed E-state index contributed by atoms with van der Waals surface area (Å²) in [6, 6.07) is 0.537. The van der Waals surface area contributed by atoms with E-state index in [0.29, 0.717) is 6.04 Å². The van der Waals surface area contributed by atoms with Gasteiger partial charge in [0.2, 0.25) is 0 Å². The van der Waals surface area contributed by atoms with E-state index in [1.807, 2.05) is 6.92 Å². The Balaban J connectivity index is 0. The number of allylic oxidation sites excluding steroid dienone is 1. The minimum Gasteiger partial charge on any atom is -0.311 e. The van der Waals surface area contributed by atoms with E-state index < -0.39 is 0 Å². The Labute approximate surface area is 70.3 Å². The molecule has 0 aliphatic heterocycles. The van der Waals surface area contributed by atoms with Crippen LogP contribution in [-0.2, 0) is 0 Å². The standard InChI is InChI=1S/C8H17N.ClH/c1-4-6-8(3)9-7-5-2;/h4,6,8-9H,5,7H2,1-3H3;1H/b6-4+;. The van der Waals surface area contributed by atoms with Gasteiger partial charge >= 0.3 is 0 Å². The molecule has 62 valence electrons. The van der Waals surface area contributed by atoms with Crippen LogP contribution in [0.4, 0.5) is 0 Å². The lowest BCUT2D eigenvalue weighted by Crippen LogP contribution is -2.24. The van der Waals surface area contributed by atoms with Crippen LogP contribution < -0.4 is 5.32 Å². The largest absolute Gasteiger partial charge is 0.311 e. The first kappa shape index (κ1) is 12.6. The fourth-order valence-corrected chi connectivity index (χ4v) is 0.729. The normalized spacial score (nSPS) is 13.1. The summed E-state index contributed by atoms with van der Waals surface area (Å²) in [5.74, 6) is 0. The Bertz CT molecular complexity index is 81.3. The molecule has 10 heavy (non-hydrogen) atoms. The average Bonchev–Trinajstić information content (AvgIpc) is 1.85. The molecule has 0 saturated carbocycles. The van der Waals surface area contributed by atoms with Gasteiger partial charge in [-0.1, -0.05) is 19.1 Å². The second-order valence-corrected chi connectivity index (χ2v) is 2.27. The molecule has 0 aromatic heterocycles. The first-order valence-corrected chi connectivity index (χ1v) is 3.67. The first-order valence-electron chi connectivity index (χ1n) is 3.67. The van der Waals surface area contributed by atoms with E-state index in [-0.39, 0.29) is 12.4 Å². The third-order valence-corrected chi connectivity index (χ3v) is 1.20. The highest BCUT2D eigenvalue weighted by atomic mass is 35.5. The smallest absolute Gasteiger partial charge is 0.0221 e. The Morgan fingerprint density at radius 3 is 2.50 bits per heavy atom. The second kappa shape index (κ2) is 8.99. The second-order valence-electron chi connectivity index (χ2n) is 2.27. The van der Waals surface area contributed by atoms with Crippen LogP contribution in [0, 0.1) is 0 Å². The summed E-state index contributed by atoms with van der Waals surface area (Å²) in [7, 11) is 0. The highest BCUT2D eigenvalue weighted by molar-refractivity contribution is 5.85. The van der Waals surface area contributed by atoms with E-state index in [1.165, 1.54) is 6.42 Å². The van der Waals surface area contributed by atoms with Crippen LogP contribution in [0.3, 0.4) is 0 Å². The zero-order valence-corrected chi connectivity index (χ0v) is 7.87. The molecule has 0 heterocycles. The van der Waals surface area contributed by atoms with Crippen LogP contribution in [0.2, 0.25) is 0 Å². The van der Waals surface area contributed by atoms with Crippen molar-refractivity contribution in [2.75, 3.05) is 6.54 Å². The summed E-state index contributed by atoms with van der Waals surface area (Å²) in [5.41, 5.74) is 0. The van der Waals surface area contributed by atoms with E-state index in [0.717, 1.165) is 6.54 Å². The molecule has 1 atom stereocenters. The molecule has 1 nitrogen and oxygen atoms in total. The molecule has 0 aromatic carbocycles. The SMILES string of the molecule is C/C=C/C(C)NCCC.Cl. The lowest BCUT2D eigenvalue weighted by molar-refractivity contribution is 0.623. The van der Waals surface area contributed by atoms with Crippen LogP contribution >= 0.6 is 12.4 Å². The number of nitrogens with one attached hydrogen (secondary N) is 1. The van der Waals surface area contributed by atoms with E-state index in [2.05, 4.69) is 31.3 Å². The molecule has 0 spiro atoms. The molecule has 0 aliphatic rings. The van der Waals surface area contributed by atoms with Gasteiger partial charge in [0.05, 0.1) is 0 Å². The van der Waals surface area contributed by atoms with Crippen LogP contribution in [0.1, 0.15) is 27.2 Å². The molecule has 0 bridgehead atoms. The molecule has 1 N–H and O–H groups in total. The van der Waals surface area contributed by atoms with Crippen molar-refractivity contribution in [1.82, 2.24) is 5.32 Å². The van der Waals surface area contributed by atoms with E-state index >= 15 is 0 Å². The van der Waals surface area contributed by atoms with Gasteiger partial charge in [-0.2, -0.15) is 0 Å². The molecule has 1 unspecified atom stereocenters. The maximum absolute atomic E-state index is 3.35. The lowest BCUT2D eigenvalue weighted by Gasteiger charge is -2.06.